The van der Waals surface area contributed by atoms with E-state index in [1.54, 1.807) is 0 Å². The molecule has 1 aromatic rings. The van der Waals surface area contributed by atoms with Gasteiger partial charge in [0.1, 0.15) is 11.9 Å². The van der Waals surface area contributed by atoms with Crippen LogP contribution in [0.2, 0.25) is 5.02 Å². The molecule has 0 amide bonds. The van der Waals surface area contributed by atoms with Gasteiger partial charge in [0.05, 0.1) is 7.11 Å². The van der Waals surface area contributed by atoms with Crippen LogP contribution in [0.4, 0.5) is 4.39 Å². The number of carbonyl (C=O) groups excluding carboxylic acids is 1. The Kier molecular flexibility index (Phi) is 4.88. The van der Waals surface area contributed by atoms with Crippen LogP contribution in [0.15, 0.2) is 16.6 Å². The van der Waals surface area contributed by atoms with E-state index in [4.69, 9.17) is 11.6 Å². The second kappa shape index (κ2) is 5.77. The van der Waals surface area contributed by atoms with Crippen molar-refractivity contribution in [2.24, 2.45) is 0 Å². The van der Waals surface area contributed by atoms with Crippen LogP contribution in [0, 0.1) is 5.82 Å². The number of ether oxygens (including phenoxy) is 1. The molecular weight excluding hydrogens is 318 g/mol. The normalized spacial score (nSPS) is 14.2. The van der Waals surface area contributed by atoms with Gasteiger partial charge in [0.25, 0.3) is 0 Å². The summed E-state index contributed by atoms with van der Waals surface area (Å²) in [6, 6.07) is 2.31. The van der Waals surface area contributed by atoms with E-state index in [0.717, 1.165) is 13.2 Å². The van der Waals surface area contributed by atoms with Crippen LogP contribution in [0.1, 0.15) is 11.7 Å². The van der Waals surface area contributed by atoms with Gasteiger partial charge in [-0.05, 0) is 12.1 Å². The van der Waals surface area contributed by atoms with Gasteiger partial charge in [0.2, 0.25) is 0 Å². The molecule has 2 N–H and O–H groups in total. The molecule has 0 spiro atoms. The summed E-state index contributed by atoms with van der Waals surface area (Å²) in [5.41, 5.74) is -0.257. The van der Waals surface area contributed by atoms with Gasteiger partial charge in [-0.15, -0.1) is 0 Å². The lowest BCUT2D eigenvalue weighted by Gasteiger charge is -2.18. The summed E-state index contributed by atoms with van der Waals surface area (Å²) in [7, 11) is 1.05. The van der Waals surface area contributed by atoms with Gasteiger partial charge in [-0.2, -0.15) is 0 Å². The molecule has 0 fully saturated rings. The molecule has 0 saturated heterocycles. The number of hydrogen-bond acceptors (Lipinski definition) is 4. The fraction of sp³-hybridized carbons (Fsp3) is 0.300. The number of aliphatic hydroxyl groups excluding tert-OH is 2. The molecule has 94 valence electrons. The van der Waals surface area contributed by atoms with Crippen LogP contribution in [-0.4, -0.2) is 29.4 Å². The third-order valence-corrected chi connectivity index (χ3v) is 2.96. The highest BCUT2D eigenvalue weighted by atomic mass is 79.9. The Morgan fingerprint density at radius 2 is 2.12 bits per heavy atom. The number of aliphatic hydroxyl groups is 2. The van der Waals surface area contributed by atoms with Gasteiger partial charge in [0.15, 0.2) is 6.10 Å². The second-order valence-corrected chi connectivity index (χ2v) is 4.49. The number of benzene rings is 1. The second-order valence-electron chi connectivity index (χ2n) is 3.20. The molecule has 0 aromatic heterocycles. The van der Waals surface area contributed by atoms with E-state index < -0.39 is 24.0 Å². The Morgan fingerprint density at radius 1 is 1.53 bits per heavy atom. The molecule has 0 aliphatic rings. The van der Waals surface area contributed by atoms with Crippen LogP contribution in [-0.2, 0) is 9.53 Å². The number of carbonyl (C=O) groups is 1. The zero-order valence-corrected chi connectivity index (χ0v) is 11.0. The van der Waals surface area contributed by atoms with Gasteiger partial charge >= 0.3 is 5.97 Å². The van der Waals surface area contributed by atoms with Crippen LogP contribution in [0.25, 0.3) is 0 Å². The van der Waals surface area contributed by atoms with Crippen molar-refractivity contribution in [1.29, 1.82) is 0 Å². The van der Waals surface area contributed by atoms with Crippen LogP contribution >= 0.6 is 27.5 Å². The van der Waals surface area contributed by atoms with E-state index in [-0.39, 0.29) is 15.1 Å². The Morgan fingerprint density at radius 3 is 2.59 bits per heavy atom. The molecule has 4 nitrogen and oxygen atoms in total. The average Bonchev–Trinajstić information content (AvgIpc) is 2.25. The number of rotatable bonds is 3. The number of methoxy groups -OCH3 is 1. The largest absolute Gasteiger partial charge is 0.467 e. The molecule has 2 unspecified atom stereocenters. The molecule has 1 rings (SSSR count). The summed E-state index contributed by atoms with van der Waals surface area (Å²) in [6.07, 6.45) is -3.61. The summed E-state index contributed by atoms with van der Waals surface area (Å²) < 4.78 is 17.9. The van der Waals surface area contributed by atoms with Crippen LogP contribution in [0.5, 0.6) is 0 Å². The Hall–Kier alpha value is -0.690. The first-order valence-corrected chi connectivity index (χ1v) is 5.64. The molecule has 2 atom stereocenters. The van der Waals surface area contributed by atoms with Crippen molar-refractivity contribution in [3.8, 4) is 0 Å². The van der Waals surface area contributed by atoms with E-state index in [1.165, 1.54) is 6.07 Å². The SMILES string of the molecule is COC(=O)C(O)C(O)c1c(F)cc(Cl)cc1Br. The third kappa shape index (κ3) is 3.16. The Bertz CT molecular complexity index is 417. The molecule has 1 aromatic carbocycles. The van der Waals surface area contributed by atoms with Gasteiger partial charge in [-0.3, -0.25) is 0 Å². The molecule has 0 heterocycles. The number of hydrogen-bond donors (Lipinski definition) is 2. The summed E-state index contributed by atoms with van der Waals surface area (Å²) >= 11 is 8.58. The zero-order chi connectivity index (χ0) is 13.2. The predicted molar refractivity (Wildman–Crippen MR) is 62.1 cm³/mol. The maximum Gasteiger partial charge on any atom is 0.337 e. The lowest BCUT2D eigenvalue weighted by atomic mass is 10.0. The van der Waals surface area contributed by atoms with Gasteiger partial charge in [-0.25, -0.2) is 9.18 Å². The van der Waals surface area contributed by atoms with Crippen molar-refractivity contribution >= 4 is 33.5 Å². The van der Waals surface area contributed by atoms with Crippen LogP contribution in [0.3, 0.4) is 0 Å². The van der Waals surface area contributed by atoms with Crippen molar-refractivity contribution in [2.45, 2.75) is 12.2 Å². The Balaban J connectivity index is 3.12. The first kappa shape index (κ1) is 14.4. The van der Waals surface area contributed by atoms with Gasteiger partial charge in [0, 0.05) is 15.1 Å². The smallest absolute Gasteiger partial charge is 0.337 e. The standard InChI is InChI=1S/C10H9BrClFO4/c1-17-10(16)9(15)8(14)7-5(11)2-4(12)3-6(7)13/h2-3,8-9,14-15H,1H3. The van der Waals surface area contributed by atoms with Crippen molar-refractivity contribution in [3.63, 3.8) is 0 Å². The molecule has 0 aliphatic heterocycles. The summed E-state index contributed by atoms with van der Waals surface area (Å²) in [5, 5.41) is 19.2. The van der Waals surface area contributed by atoms with Crippen LogP contribution < -0.4 is 0 Å². The minimum absolute atomic E-state index is 0.123. The monoisotopic (exact) mass is 326 g/mol. The first-order chi connectivity index (χ1) is 7.88. The fourth-order valence-electron chi connectivity index (χ4n) is 1.24. The van der Waals surface area contributed by atoms with Crippen molar-refractivity contribution in [1.82, 2.24) is 0 Å². The minimum atomic E-state index is -1.87. The molecule has 0 radical (unpaired) electrons. The highest BCUT2D eigenvalue weighted by molar-refractivity contribution is 9.10. The molecule has 17 heavy (non-hydrogen) atoms. The maximum absolute atomic E-state index is 13.6. The Labute approximate surface area is 110 Å². The first-order valence-electron chi connectivity index (χ1n) is 4.47. The molecular formula is C10H9BrClFO4. The number of halogens is 3. The molecule has 0 bridgehead atoms. The van der Waals surface area contributed by atoms with Gasteiger partial charge < -0.3 is 14.9 Å². The third-order valence-electron chi connectivity index (χ3n) is 2.08. The van der Waals surface area contributed by atoms with Crippen molar-refractivity contribution in [2.75, 3.05) is 7.11 Å². The fourth-order valence-corrected chi connectivity index (χ4v) is 2.25. The quantitative estimate of drug-likeness (QED) is 0.831. The van der Waals surface area contributed by atoms with E-state index in [9.17, 15) is 19.4 Å². The highest BCUT2D eigenvalue weighted by Crippen LogP contribution is 2.31. The maximum atomic E-state index is 13.6. The summed E-state index contributed by atoms with van der Waals surface area (Å²) in [4.78, 5) is 11.0. The lowest BCUT2D eigenvalue weighted by Crippen LogP contribution is -2.29. The van der Waals surface area contributed by atoms with Crippen molar-refractivity contribution < 1.29 is 24.1 Å². The van der Waals surface area contributed by atoms with E-state index >= 15 is 0 Å². The van der Waals surface area contributed by atoms with E-state index in [1.807, 2.05) is 0 Å². The zero-order valence-electron chi connectivity index (χ0n) is 8.65. The van der Waals surface area contributed by atoms with E-state index in [2.05, 4.69) is 20.7 Å². The van der Waals surface area contributed by atoms with E-state index in [0.29, 0.717) is 0 Å². The molecule has 7 heteroatoms. The molecule has 0 aliphatic carbocycles. The minimum Gasteiger partial charge on any atom is -0.467 e. The number of esters is 1. The highest BCUT2D eigenvalue weighted by Gasteiger charge is 2.30. The predicted octanol–water partition coefficient (Wildman–Crippen LogP) is 1.81. The van der Waals surface area contributed by atoms with Crippen molar-refractivity contribution in [3.05, 3.63) is 33.0 Å². The average molecular weight is 328 g/mol. The lowest BCUT2D eigenvalue weighted by molar-refractivity contribution is -0.156. The van der Waals surface area contributed by atoms with Gasteiger partial charge in [-0.1, -0.05) is 27.5 Å². The molecule has 0 saturated carbocycles. The summed E-state index contributed by atoms with van der Waals surface area (Å²) in [5.74, 6) is -1.89. The summed E-state index contributed by atoms with van der Waals surface area (Å²) in [6.45, 7) is 0. The topological polar surface area (TPSA) is 66.8 Å².